The highest BCUT2D eigenvalue weighted by atomic mass is 28.3. The van der Waals surface area contributed by atoms with Crippen molar-refractivity contribution in [2.75, 3.05) is 19.9 Å². The van der Waals surface area contributed by atoms with Gasteiger partial charge in [-0.3, -0.25) is 29.0 Å². The number of hydrogen-bond donors (Lipinski definition) is 1. The van der Waals surface area contributed by atoms with Crippen LogP contribution < -0.4 is 5.32 Å². The molecule has 0 spiro atoms. The first kappa shape index (κ1) is 19.8. The number of nitrogens with zero attached hydrogens (tertiary/aromatic N) is 2. The van der Waals surface area contributed by atoms with Crippen molar-refractivity contribution in [3.63, 3.8) is 0 Å². The second-order valence-corrected chi connectivity index (χ2v) is 14.0. The number of carbonyl (C=O) groups excluding carboxylic acids is 4. The van der Waals surface area contributed by atoms with E-state index in [4.69, 9.17) is 4.74 Å². The molecule has 3 heterocycles. The molecule has 1 unspecified atom stereocenters. The summed E-state index contributed by atoms with van der Waals surface area (Å²) >= 11 is 0. The predicted molar refractivity (Wildman–Crippen MR) is 100.0 cm³/mol. The van der Waals surface area contributed by atoms with E-state index in [1.54, 1.807) is 0 Å². The molecule has 0 aromatic carbocycles. The van der Waals surface area contributed by atoms with Crippen molar-refractivity contribution in [1.82, 2.24) is 15.1 Å². The molecular weight excluding hydrogens is 366 g/mol. The maximum atomic E-state index is 12.9. The van der Waals surface area contributed by atoms with E-state index in [-0.39, 0.29) is 25.5 Å². The first-order valence-corrected chi connectivity index (χ1v) is 13.2. The first-order valence-electron chi connectivity index (χ1n) is 9.47. The molecule has 9 heteroatoms. The number of likely N-dealkylation sites (tertiary alicyclic amines) is 1. The molecule has 148 valence electrons. The molecule has 0 saturated carbocycles. The third-order valence-electron chi connectivity index (χ3n) is 5.13. The van der Waals surface area contributed by atoms with Gasteiger partial charge in [0.1, 0.15) is 18.5 Å². The minimum Gasteiger partial charge on any atom is -0.380 e. The van der Waals surface area contributed by atoms with Crippen molar-refractivity contribution < 1.29 is 23.9 Å². The molecule has 27 heavy (non-hydrogen) atoms. The molecule has 0 aromatic heterocycles. The van der Waals surface area contributed by atoms with Crippen LogP contribution in [0.5, 0.6) is 0 Å². The summed E-state index contributed by atoms with van der Waals surface area (Å²) in [4.78, 5) is 52.5. The largest absolute Gasteiger partial charge is 0.380 e. The molecule has 0 aliphatic carbocycles. The van der Waals surface area contributed by atoms with Gasteiger partial charge >= 0.3 is 0 Å². The topological polar surface area (TPSA) is 96.0 Å². The Morgan fingerprint density at radius 2 is 1.85 bits per heavy atom. The Balaban J connectivity index is 1.67. The Kier molecular flexibility index (Phi) is 5.52. The van der Waals surface area contributed by atoms with Gasteiger partial charge in [0.2, 0.25) is 5.91 Å². The highest BCUT2D eigenvalue weighted by molar-refractivity contribution is 6.76. The molecule has 1 atom stereocenters. The standard InChI is InChI=1S/C18H27N3O5Si/c1-27(2,3)10-9-26-11-20-14(22)7-6-13(17(20)24)21-16(23)12-5-4-8-19-15(12)18(21)25/h13,19H,4-11H2,1-3H3. The van der Waals surface area contributed by atoms with Gasteiger partial charge in [0.25, 0.3) is 17.7 Å². The number of nitrogens with one attached hydrogen (secondary N) is 1. The highest BCUT2D eigenvalue weighted by Crippen LogP contribution is 2.30. The fourth-order valence-electron chi connectivity index (χ4n) is 3.50. The van der Waals surface area contributed by atoms with Crippen LogP contribution in [0.2, 0.25) is 25.7 Å². The molecule has 3 rings (SSSR count). The van der Waals surface area contributed by atoms with E-state index in [1.807, 2.05) is 0 Å². The lowest BCUT2D eigenvalue weighted by atomic mass is 10.0. The van der Waals surface area contributed by atoms with Gasteiger partial charge in [0, 0.05) is 33.2 Å². The van der Waals surface area contributed by atoms with Crippen LogP contribution >= 0.6 is 0 Å². The second-order valence-electron chi connectivity index (χ2n) is 8.43. The fraction of sp³-hybridized carbons (Fsp3) is 0.667. The van der Waals surface area contributed by atoms with Gasteiger partial charge in [-0.05, 0) is 25.3 Å². The maximum absolute atomic E-state index is 12.9. The van der Waals surface area contributed by atoms with Crippen molar-refractivity contribution in [3.8, 4) is 0 Å². The first-order chi connectivity index (χ1) is 12.7. The zero-order chi connectivity index (χ0) is 19.8. The lowest BCUT2D eigenvalue weighted by Crippen LogP contribution is -2.57. The van der Waals surface area contributed by atoms with E-state index in [9.17, 15) is 19.2 Å². The van der Waals surface area contributed by atoms with Crippen molar-refractivity contribution in [1.29, 1.82) is 0 Å². The number of amides is 4. The Labute approximate surface area is 159 Å². The average molecular weight is 394 g/mol. The van der Waals surface area contributed by atoms with E-state index in [0.29, 0.717) is 30.8 Å². The minimum atomic E-state index is -1.27. The SMILES string of the molecule is C[Si](C)(C)CCOCN1C(=O)CCC(N2C(=O)C3=C(NCCC3)C2=O)C1=O. The van der Waals surface area contributed by atoms with Gasteiger partial charge in [-0.15, -0.1) is 0 Å². The van der Waals surface area contributed by atoms with Crippen LogP contribution in [-0.4, -0.2) is 67.4 Å². The third kappa shape index (κ3) is 3.98. The van der Waals surface area contributed by atoms with E-state index < -0.39 is 31.8 Å². The number of ether oxygens (including phenoxy) is 1. The monoisotopic (exact) mass is 393 g/mol. The van der Waals surface area contributed by atoms with E-state index in [1.165, 1.54) is 0 Å². The van der Waals surface area contributed by atoms with Crippen LogP contribution in [0.25, 0.3) is 0 Å². The number of carbonyl (C=O) groups is 4. The van der Waals surface area contributed by atoms with Crippen LogP contribution in [-0.2, 0) is 23.9 Å². The van der Waals surface area contributed by atoms with E-state index in [2.05, 4.69) is 25.0 Å². The van der Waals surface area contributed by atoms with Crippen molar-refractivity contribution in [3.05, 3.63) is 11.3 Å². The van der Waals surface area contributed by atoms with Crippen molar-refractivity contribution in [2.45, 2.75) is 57.4 Å². The van der Waals surface area contributed by atoms with Crippen LogP contribution in [0.15, 0.2) is 11.3 Å². The summed E-state index contributed by atoms with van der Waals surface area (Å²) in [7, 11) is -1.27. The summed E-state index contributed by atoms with van der Waals surface area (Å²) in [6.45, 7) is 7.66. The Bertz CT molecular complexity index is 684. The summed E-state index contributed by atoms with van der Waals surface area (Å²) < 4.78 is 5.56. The molecule has 1 fully saturated rings. The quantitative estimate of drug-likeness (QED) is 0.408. The second kappa shape index (κ2) is 7.55. The Morgan fingerprint density at radius 3 is 2.52 bits per heavy atom. The molecule has 4 amide bonds. The van der Waals surface area contributed by atoms with Gasteiger partial charge in [-0.25, -0.2) is 0 Å². The lowest BCUT2D eigenvalue weighted by molar-refractivity contribution is -0.164. The Morgan fingerprint density at radius 1 is 1.11 bits per heavy atom. The van der Waals surface area contributed by atoms with Crippen LogP contribution in [0.1, 0.15) is 25.7 Å². The van der Waals surface area contributed by atoms with E-state index in [0.717, 1.165) is 22.3 Å². The molecule has 3 aliphatic heterocycles. The highest BCUT2D eigenvalue weighted by Gasteiger charge is 2.48. The minimum absolute atomic E-state index is 0.114. The fourth-order valence-corrected chi connectivity index (χ4v) is 4.26. The average Bonchev–Trinajstić information content (AvgIpc) is 2.85. The van der Waals surface area contributed by atoms with Crippen LogP contribution in [0.4, 0.5) is 0 Å². The Hall–Kier alpha value is -2.00. The smallest absolute Gasteiger partial charge is 0.278 e. The van der Waals surface area contributed by atoms with Crippen LogP contribution in [0, 0.1) is 0 Å². The van der Waals surface area contributed by atoms with Crippen molar-refractivity contribution >= 4 is 31.7 Å². The number of piperidine rings is 1. The maximum Gasteiger partial charge on any atom is 0.278 e. The van der Waals surface area contributed by atoms with Gasteiger partial charge in [0.15, 0.2) is 0 Å². The van der Waals surface area contributed by atoms with E-state index >= 15 is 0 Å². The normalized spacial score (nSPS) is 23.9. The predicted octanol–water partition coefficient (Wildman–Crippen LogP) is 0.823. The molecule has 8 nitrogen and oxygen atoms in total. The van der Waals surface area contributed by atoms with Crippen molar-refractivity contribution in [2.24, 2.45) is 0 Å². The third-order valence-corrected chi connectivity index (χ3v) is 6.83. The lowest BCUT2D eigenvalue weighted by Gasteiger charge is -2.34. The summed E-state index contributed by atoms with van der Waals surface area (Å²) in [5.74, 6) is -1.71. The molecule has 1 saturated heterocycles. The number of hydrogen-bond acceptors (Lipinski definition) is 6. The van der Waals surface area contributed by atoms with Gasteiger partial charge in [-0.1, -0.05) is 19.6 Å². The molecule has 1 N–H and O–H groups in total. The molecule has 3 aliphatic rings. The summed E-state index contributed by atoms with van der Waals surface area (Å²) in [6, 6.07) is -0.00592. The number of rotatable bonds is 6. The van der Waals surface area contributed by atoms with Gasteiger partial charge in [-0.2, -0.15) is 0 Å². The van der Waals surface area contributed by atoms with Gasteiger partial charge < -0.3 is 10.1 Å². The van der Waals surface area contributed by atoms with Crippen LogP contribution in [0.3, 0.4) is 0 Å². The molecular formula is C18H27N3O5Si. The molecule has 0 radical (unpaired) electrons. The zero-order valence-corrected chi connectivity index (χ0v) is 17.2. The zero-order valence-electron chi connectivity index (χ0n) is 16.2. The summed E-state index contributed by atoms with van der Waals surface area (Å²) in [5.41, 5.74) is 0.766. The molecule has 0 aromatic rings. The van der Waals surface area contributed by atoms with Gasteiger partial charge in [0.05, 0.1) is 0 Å². The summed E-state index contributed by atoms with van der Waals surface area (Å²) in [5, 5.41) is 2.98. The number of imide groups is 2. The molecule has 0 bridgehead atoms. The summed E-state index contributed by atoms with van der Waals surface area (Å²) in [6.07, 6.45) is 1.59.